The van der Waals surface area contributed by atoms with E-state index in [1.165, 1.54) is 6.42 Å². The molecule has 6 heterocycles. The van der Waals surface area contributed by atoms with Crippen molar-refractivity contribution in [2.75, 3.05) is 59.7 Å². The van der Waals surface area contributed by atoms with E-state index >= 15 is 0 Å². The van der Waals surface area contributed by atoms with Gasteiger partial charge in [-0.1, -0.05) is 5.21 Å². The minimum atomic E-state index is -3.66. The van der Waals surface area contributed by atoms with E-state index in [-0.39, 0.29) is 11.9 Å². The fraction of sp³-hybridized carbons (Fsp3) is 0.556. The number of rotatable bonds is 4. The van der Waals surface area contributed by atoms with E-state index in [1.54, 1.807) is 16.9 Å². The van der Waals surface area contributed by atoms with Crippen molar-refractivity contribution >= 4 is 27.3 Å². The summed E-state index contributed by atoms with van der Waals surface area (Å²) in [4.78, 5) is 13.9. The van der Waals surface area contributed by atoms with E-state index < -0.39 is 16.6 Å². The third-order valence-electron chi connectivity index (χ3n) is 7.95. The molecule has 0 aliphatic carbocycles. The number of hydrogen-bond acceptors (Lipinski definition) is 10. The lowest BCUT2D eigenvalue weighted by molar-refractivity contribution is 0.0330. The molecule has 7 rings (SSSR count). The first-order valence-electron chi connectivity index (χ1n) is 14.1. The molecular formula is C27H36N8O4S. The van der Waals surface area contributed by atoms with Gasteiger partial charge in [-0.2, -0.15) is 0 Å². The maximum atomic E-state index is 12.4. The van der Waals surface area contributed by atoms with E-state index in [0.29, 0.717) is 23.0 Å². The fourth-order valence-electron chi connectivity index (χ4n) is 5.89. The molecule has 13 heteroatoms. The number of fused-ring (bicyclic) bond motifs is 5. The Morgan fingerprint density at radius 3 is 2.70 bits per heavy atom. The number of aliphatic hydroxyl groups is 1. The van der Waals surface area contributed by atoms with Gasteiger partial charge in [0.25, 0.3) is 0 Å². The van der Waals surface area contributed by atoms with Gasteiger partial charge in [-0.25, -0.2) is 23.1 Å². The highest BCUT2D eigenvalue weighted by Crippen LogP contribution is 2.32. The molecule has 2 saturated heterocycles. The average Bonchev–Trinajstić information content (AvgIpc) is 3.46. The lowest BCUT2D eigenvalue weighted by Crippen LogP contribution is -2.38. The van der Waals surface area contributed by atoms with Crippen LogP contribution in [0.3, 0.4) is 0 Å². The second-order valence-corrected chi connectivity index (χ2v) is 12.6. The molecule has 2 aromatic heterocycles. The number of aliphatic hydroxyl groups excluding tert-OH is 1. The Hall–Kier alpha value is -3.29. The fourth-order valence-corrected chi connectivity index (χ4v) is 6.72. The van der Waals surface area contributed by atoms with Crippen molar-refractivity contribution in [2.45, 2.75) is 44.6 Å². The summed E-state index contributed by atoms with van der Waals surface area (Å²) in [6.45, 7) is 3.77. The van der Waals surface area contributed by atoms with Gasteiger partial charge in [0.1, 0.15) is 5.69 Å². The smallest absolute Gasteiger partial charge is 0.234 e. The van der Waals surface area contributed by atoms with Gasteiger partial charge in [-0.05, 0) is 68.7 Å². The Kier molecular flexibility index (Phi) is 7.85. The van der Waals surface area contributed by atoms with E-state index in [4.69, 9.17) is 14.8 Å². The van der Waals surface area contributed by atoms with Gasteiger partial charge in [0.05, 0.1) is 47.4 Å². The number of aromatic nitrogens is 5. The molecule has 2 fully saturated rings. The molecule has 1 atom stereocenters. The molecule has 8 bridgehead atoms. The number of piperidine rings is 2. The van der Waals surface area contributed by atoms with Crippen molar-refractivity contribution < 1.29 is 18.3 Å². The second-order valence-electron chi connectivity index (χ2n) is 10.8. The summed E-state index contributed by atoms with van der Waals surface area (Å²) < 4.78 is 35.3. The Bertz CT molecular complexity index is 1420. The molecule has 2 N–H and O–H groups in total. The van der Waals surface area contributed by atoms with Crippen LogP contribution in [0.5, 0.6) is 0 Å². The first-order chi connectivity index (χ1) is 19.5. The zero-order chi connectivity index (χ0) is 27.5. The van der Waals surface area contributed by atoms with Crippen LogP contribution in [0.15, 0.2) is 36.7 Å². The van der Waals surface area contributed by atoms with E-state index in [9.17, 15) is 8.42 Å². The number of anilines is 3. The zero-order valence-corrected chi connectivity index (χ0v) is 23.3. The lowest BCUT2D eigenvalue weighted by atomic mass is 9.94. The summed E-state index contributed by atoms with van der Waals surface area (Å²) in [7, 11) is -3.66. The van der Waals surface area contributed by atoms with E-state index in [2.05, 4.69) is 29.8 Å². The van der Waals surface area contributed by atoms with Crippen LogP contribution in [-0.4, -0.2) is 89.7 Å². The summed E-state index contributed by atoms with van der Waals surface area (Å²) in [6.07, 6.45) is 10.1. The predicted molar refractivity (Wildman–Crippen MR) is 152 cm³/mol. The van der Waals surface area contributed by atoms with Crippen LogP contribution in [-0.2, 0) is 14.8 Å². The third-order valence-corrected chi connectivity index (χ3v) is 9.22. The first kappa shape index (κ1) is 26.9. The van der Waals surface area contributed by atoms with Crippen molar-refractivity contribution in [1.29, 1.82) is 0 Å². The van der Waals surface area contributed by atoms with Crippen molar-refractivity contribution in [1.82, 2.24) is 25.0 Å². The minimum Gasteiger partial charge on any atom is -0.395 e. The van der Waals surface area contributed by atoms with Gasteiger partial charge in [-0.15, -0.1) is 5.10 Å². The summed E-state index contributed by atoms with van der Waals surface area (Å²) in [5.41, 5.74) is 3.42. The highest BCUT2D eigenvalue weighted by atomic mass is 32.2. The SMILES string of the molecule is O=S(=O)(CCO)Nc1ccc2c(c1)N1CCC(CC1)OCCCC1CCCN(C1)c1nccc(n1)-c1cn-2nn1. The Morgan fingerprint density at radius 2 is 1.85 bits per heavy atom. The van der Waals surface area contributed by atoms with Gasteiger partial charge in [-0.3, -0.25) is 4.72 Å². The van der Waals surface area contributed by atoms with Crippen LogP contribution in [0.4, 0.5) is 17.3 Å². The van der Waals surface area contributed by atoms with Crippen LogP contribution in [0.25, 0.3) is 17.1 Å². The quantitative estimate of drug-likeness (QED) is 0.483. The molecule has 3 aromatic rings. The van der Waals surface area contributed by atoms with Crippen molar-refractivity contribution in [2.24, 2.45) is 5.92 Å². The standard InChI is InChI=1S/C27H36N8O4S/c36-14-16-40(37,38)31-21-5-6-25-26(17-21)33-12-8-22(9-13-33)39-15-2-4-20-3-1-11-34(18-20)27-28-10-7-23(29-27)24-19-35(25)32-30-24/h5-7,10,17,19-20,22,31,36H,1-4,8-9,11-16,18H2. The topological polar surface area (TPSA) is 139 Å². The molecule has 0 amide bonds. The molecule has 12 nitrogen and oxygen atoms in total. The predicted octanol–water partition coefficient (Wildman–Crippen LogP) is 2.45. The molecule has 0 spiro atoms. The van der Waals surface area contributed by atoms with Gasteiger partial charge < -0.3 is 19.6 Å². The molecule has 0 saturated carbocycles. The molecular weight excluding hydrogens is 532 g/mol. The molecule has 0 radical (unpaired) electrons. The third kappa shape index (κ3) is 6.06. The van der Waals surface area contributed by atoms with Crippen LogP contribution < -0.4 is 14.5 Å². The molecule has 4 aliphatic rings. The van der Waals surface area contributed by atoms with Crippen LogP contribution >= 0.6 is 0 Å². The summed E-state index contributed by atoms with van der Waals surface area (Å²) in [6, 6.07) is 7.22. The highest BCUT2D eigenvalue weighted by molar-refractivity contribution is 7.92. The van der Waals surface area contributed by atoms with Gasteiger partial charge >= 0.3 is 0 Å². The number of nitrogens with one attached hydrogen (secondary N) is 1. The molecule has 4 aliphatic heterocycles. The Balaban J connectivity index is 1.37. The molecule has 40 heavy (non-hydrogen) atoms. The maximum Gasteiger partial charge on any atom is 0.234 e. The maximum absolute atomic E-state index is 12.4. The largest absolute Gasteiger partial charge is 0.395 e. The normalized spacial score (nSPS) is 21.7. The molecule has 1 unspecified atom stereocenters. The summed E-state index contributed by atoms with van der Waals surface area (Å²) in [5.74, 6) is 0.960. The van der Waals surface area contributed by atoms with Crippen molar-refractivity contribution in [3.05, 3.63) is 36.7 Å². The number of hydrogen-bond donors (Lipinski definition) is 2. The van der Waals surface area contributed by atoms with Crippen molar-refractivity contribution in [3.8, 4) is 17.1 Å². The number of sulfonamides is 1. The number of nitrogens with zero attached hydrogens (tertiary/aromatic N) is 7. The van der Waals surface area contributed by atoms with Crippen LogP contribution in [0, 0.1) is 5.92 Å². The zero-order valence-electron chi connectivity index (χ0n) is 22.5. The highest BCUT2D eigenvalue weighted by Gasteiger charge is 2.26. The first-order valence-corrected chi connectivity index (χ1v) is 15.8. The second kappa shape index (κ2) is 11.7. The van der Waals surface area contributed by atoms with E-state index in [1.807, 2.05) is 24.4 Å². The van der Waals surface area contributed by atoms with Crippen LogP contribution in [0.2, 0.25) is 0 Å². The lowest BCUT2D eigenvalue weighted by Gasteiger charge is -2.35. The monoisotopic (exact) mass is 568 g/mol. The molecule has 214 valence electrons. The van der Waals surface area contributed by atoms with Gasteiger partial charge in [0, 0.05) is 39.0 Å². The number of ether oxygens (including phenoxy) is 1. The Morgan fingerprint density at radius 1 is 1.00 bits per heavy atom. The van der Waals surface area contributed by atoms with Crippen LogP contribution in [0.1, 0.15) is 38.5 Å². The summed E-state index contributed by atoms with van der Waals surface area (Å²) >= 11 is 0. The molecule has 1 aromatic carbocycles. The van der Waals surface area contributed by atoms with E-state index in [0.717, 1.165) is 82.2 Å². The summed E-state index contributed by atoms with van der Waals surface area (Å²) in [5, 5.41) is 18.0. The minimum absolute atomic E-state index is 0.212. The number of benzene rings is 1. The average molecular weight is 569 g/mol. The van der Waals surface area contributed by atoms with Gasteiger partial charge in [0.2, 0.25) is 16.0 Å². The van der Waals surface area contributed by atoms with Gasteiger partial charge in [0.15, 0.2) is 0 Å². The Labute approximate surface area is 234 Å². The van der Waals surface area contributed by atoms with Crippen molar-refractivity contribution in [3.63, 3.8) is 0 Å².